The number of carboxylic acid groups (broad SMARTS) is 1. The van der Waals surface area contributed by atoms with Gasteiger partial charge in [-0.1, -0.05) is 45.1 Å². The Labute approximate surface area is 173 Å². The maximum absolute atomic E-state index is 11.3. The number of carbonyl (C=O) groups is 1. The number of hydrogen-bond acceptors (Lipinski definition) is 5. The molecule has 0 spiro atoms. The summed E-state index contributed by atoms with van der Waals surface area (Å²) in [6.45, 7) is 10.4. The number of benzene rings is 1. The van der Waals surface area contributed by atoms with E-state index in [0.717, 1.165) is 11.3 Å². The van der Waals surface area contributed by atoms with E-state index in [2.05, 4.69) is 26.8 Å². The maximum Gasteiger partial charge on any atom is 0.306 e. The van der Waals surface area contributed by atoms with Crippen LogP contribution in [0.4, 0.5) is 0 Å². The summed E-state index contributed by atoms with van der Waals surface area (Å²) in [7, 11) is 1.63. The smallest absolute Gasteiger partial charge is 0.306 e. The lowest BCUT2D eigenvalue weighted by Crippen LogP contribution is -2.37. The van der Waals surface area contributed by atoms with Crippen molar-refractivity contribution >= 4 is 5.97 Å². The fraction of sp³-hybridized carbons (Fsp3) is 0.609. The van der Waals surface area contributed by atoms with E-state index >= 15 is 0 Å². The zero-order valence-corrected chi connectivity index (χ0v) is 18.3. The molecule has 1 unspecified atom stereocenters. The van der Waals surface area contributed by atoms with Crippen LogP contribution in [0.3, 0.4) is 0 Å². The van der Waals surface area contributed by atoms with Crippen LogP contribution in [0.5, 0.6) is 5.75 Å². The number of allylic oxidation sites excluding steroid dienone is 1. The molecule has 1 aromatic rings. The summed E-state index contributed by atoms with van der Waals surface area (Å²) in [5.74, 6) is -0.151. The lowest BCUT2D eigenvalue weighted by atomic mass is 9.96. The minimum atomic E-state index is -0.922. The molecule has 1 heterocycles. The molecule has 0 saturated carbocycles. The average Bonchev–Trinajstić information content (AvgIpc) is 2.95. The van der Waals surface area contributed by atoms with E-state index in [9.17, 15) is 9.90 Å². The van der Waals surface area contributed by atoms with E-state index in [1.165, 1.54) is 0 Å². The van der Waals surface area contributed by atoms with Gasteiger partial charge in [-0.05, 0) is 43.4 Å². The Kier molecular flexibility index (Phi) is 8.25. The van der Waals surface area contributed by atoms with Crippen LogP contribution in [0.25, 0.3) is 0 Å². The van der Waals surface area contributed by atoms with Crippen molar-refractivity contribution in [2.24, 2.45) is 11.8 Å². The van der Waals surface area contributed by atoms with Gasteiger partial charge in [0, 0.05) is 0 Å². The van der Waals surface area contributed by atoms with Crippen LogP contribution in [0.1, 0.15) is 46.6 Å². The van der Waals surface area contributed by atoms with E-state index in [4.69, 9.17) is 18.9 Å². The largest absolute Gasteiger partial charge is 0.497 e. The van der Waals surface area contributed by atoms with Crippen molar-refractivity contribution in [3.8, 4) is 5.75 Å². The third-order valence-corrected chi connectivity index (χ3v) is 5.18. The summed E-state index contributed by atoms with van der Waals surface area (Å²) in [6.07, 6.45) is 2.44. The van der Waals surface area contributed by atoms with Gasteiger partial charge in [-0.3, -0.25) is 4.79 Å². The molecule has 0 bridgehead atoms. The molecule has 1 aromatic carbocycles. The number of ether oxygens (including phenoxy) is 4. The Morgan fingerprint density at radius 3 is 2.38 bits per heavy atom. The van der Waals surface area contributed by atoms with E-state index in [-0.39, 0.29) is 6.42 Å². The standard InChI is InChI=1S/C23H34O6/c1-15(2)16(3)7-12-19(27-14-17-8-10-18(26-6)11-9-17)22-20(13-21(24)25)28-23(4,5)29-22/h7-12,15-16,19-20,22H,13-14H2,1-6H3,(H,24,25)/b12-7-/t16-,19?,20+,22-/m1/s1. The van der Waals surface area contributed by atoms with Crippen LogP contribution in [0.2, 0.25) is 0 Å². The van der Waals surface area contributed by atoms with Crippen molar-refractivity contribution in [3.05, 3.63) is 42.0 Å². The highest BCUT2D eigenvalue weighted by Crippen LogP contribution is 2.33. The highest BCUT2D eigenvalue weighted by Gasteiger charge is 2.45. The SMILES string of the molecule is COc1ccc(COC(/C=C\[C@@H](C)C(C)C)[C@H]2OC(C)(C)O[C@H]2CC(=O)O)cc1. The fourth-order valence-electron chi connectivity index (χ4n) is 3.15. The third kappa shape index (κ3) is 7.14. The molecular formula is C23H34O6. The number of rotatable bonds is 10. The van der Waals surface area contributed by atoms with E-state index in [0.29, 0.717) is 18.4 Å². The van der Waals surface area contributed by atoms with E-state index in [1.807, 2.05) is 30.3 Å². The minimum Gasteiger partial charge on any atom is -0.497 e. The monoisotopic (exact) mass is 406 g/mol. The van der Waals surface area contributed by atoms with Gasteiger partial charge in [-0.25, -0.2) is 0 Å². The minimum absolute atomic E-state index is 0.135. The number of methoxy groups -OCH3 is 1. The fourth-order valence-corrected chi connectivity index (χ4v) is 3.15. The molecule has 6 nitrogen and oxygen atoms in total. The van der Waals surface area contributed by atoms with Gasteiger partial charge in [0.05, 0.1) is 20.1 Å². The predicted octanol–water partition coefficient (Wildman–Crippen LogP) is 4.42. The Balaban J connectivity index is 2.19. The molecule has 29 heavy (non-hydrogen) atoms. The molecule has 2 rings (SSSR count). The first kappa shape index (κ1) is 23.4. The second-order valence-electron chi connectivity index (χ2n) is 8.35. The Morgan fingerprint density at radius 1 is 1.17 bits per heavy atom. The summed E-state index contributed by atoms with van der Waals surface area (Å²) in [5, 5.41) is 9.29. The molecule has 1 aliphatic heterocycles. The van der Waals surface area contributed by atoms with E-state index in [1.54, 1.807) is 21.0 Å². The molecule has 1 fully saturated rings. The zero-order valence-electron chi connectivity index (χ0n) is 18.3. The summed E-state index contributed by atoms with van der Waals surface area (Å²) >= 11 is 0. The first-order valence-corrected chi connectivity index (χ1v) is 10.1. The molecule has 0 aliphatic carbocycles. The number of aliphatic carboxylic acids is 1. The molecule has 4 atom stereocenters. The lowest BCUT2D eigenvalue weighted by Gasteiger charge is -2.25. The molecule has 1 saturated heterocycles. The van der Waals surface area contributed by atoms with Crippen molar-refractivity contribution in [2.75, 3.05) is 7.11 Å². The number of carboxylic acids is 1. The van der Waals surface area contributed by atoms with Crippen molar-refractivity contribution in [3.63, 3.8) is 0 Å². The first-order chi connectivity index (χ1) is 13.6. The maximum atomic E-state index is 11.3. The quantitative estimate of drug-likeness (QED) is 0.580. The van der Waals surface area contributed by atoms with Crippen molar-refractivity contribution in [2.45, 2.75) is 71.7 Å². The van der Waals surface area contributed by atoms with Gasteiger partial charge in [0.2, 0.25) is 0 Å². The molecule has 1 N–H and O–H groups in total. The van der Waals surface area contributed by atoms with Gasteiger partial charge in [0.15, 0.2) is 5.79 Å². The molecule has 6 heteroatoms. The van der Waals surface area contributed by atoms with Gasteiger partial charge in [-0.15, -0.1) is 0 Å². The normalized spacial score (nSPS) is 23.4. The molecule has 0 aromatic heterocycles. The number of hydrogen-bond donors (Lipinski definition) is 1. The summed E-state index contributed by atoms with van der Waals surface area (Å²) in [6, 6.07) is 7.66. The van der Waals surface area contributed by atoms with Gasteiger partial charge in [0.25, 0.3) is 0 Å². The molecule has 0 radical (unpaired) electrons. The molecule has 1 aliphatic rings. The summed E-state index contributed by atoms with van der Waals surface area (Å²) in [4.78, 5) is 11.3. The zero-order chi connectivity index (χ0) is 21.6. The Morgan fingerprint density at radius 2 is 1.83 bits per heavy atom. The molecular weight excluding hydrogens is 372 g/mol. The van der Waals surface area contributed by atoms with Gasteiger partial charge >= 0.3 is 5.97 Å². The van der Waals surface area contributed by atoms with Gasteiger partial charge in [-0.2, -0.15) is 0 Å². The van der Waals surface area contributed by atoms with Crippen molar-refractivity contribution < 1.29 is 28.8 Å². The van der Waals surface area contributed by atoms with Crippen LogP contribution in [0, 0.1) is 11.8 Å². The average molecular weight is 407 g/mol. The van der Waals surface area contributed by atoms with Crippen LogP contribution in [-0.2, 0) is 25.6 Å². The highest BCUT2D eigenvalue weighted by molar-refractivity contribution is 5.67. The summed E-state index contributed by atoms with van der Waals surface area (Å²) in [5.41, 5.74) is 0.995. The highest BCUT2D eigenvalue weighted by atomic mass is 16.8. The van der Waals surface area contributed by atoms with Crippen molar-refractivity contribution in [1.82, 2.24) is 0 Å². The van der Waals surface area contributed by atoms with Gasteiger partial charge in [0.1, 0.15) is 24.1 Å². The molecule has 0 amide bonds. The third-order valence-electron chi connectivity index (χ3n) is 5.18. The topological polar surface area (TPSA) is 74.2 Å². The second-order valence-corrected chi connectivity index (χ2v) is 8.35. The lowest BCUT2D eigenvalue weighted by molar-refractivity contribution is -0.158. The summed E-state index contributed by atoms with van der Waals surface area (Å²) < 4.78 is 23.3. The van der Waals surface area contributed by atoms with Crippen LogP contribution in [0.15, 0.2) is 36.4 Å². The second kappa shape index (κ2) is 10.2. The first-order valence-electron chi connectivity index (χ1n) is 10.1. The van der Waals surface area contributed by atoms with E-state index < -0.39 is 30.1 Å². The predicted molar refractivity (Wildman–Crippen MR) is 111 cm³/mol. The Bertz CT molecular complexity index is 679. The van der Waals surface area contributed by atoms with Crippen LogP contribution in [-0.4, -0.2) is 42.3 Å². The molecule has 162 valence electrons. The van der Waals surface area contributed by atoms with Gasteiger partial charge < -0.3 is 24.1 Å². The van der Waals surface area contributed by atoms with Crippen LogP contribution < -0.4 is 4.74 Å². The van der Waals surface area contributed by atoms with Crippen LogP contribution >= 0.6 is 0 Å². The van der Waals surface area contributed by atoms with Crippen molar-refractivity contribution in [1.29, 1.82) is 0 Å². The Hall–Kier alpha value is -1.89.